The standard InChI is InChI=1S/C10H22O3Si/c1-5-7-8-10(11)14(12-3,13-4)9-6-2/h5-9H2,1-4H3. The maximum atomic E-state index is 11.9. The molecule has 0 rings (SSSR count). The number of rotatable bonds is 8. The second-order valence-electron chi connectivity index (χ2n) is 3.44. The van der Waals surface area contributed by atoms with E-state index < -0.39 is 8.56 Å². The zero-order valence-electron chi connectivity index (χ0n) is 9.76. The Balaban J connectivity index is 4.37. The molecule has 0 unspecified atom stereocenters. The Kier molecular flexibility index (Phi) is 7.05. The van der Waals surface area contributed by atoms with Crippen molar-refractivity contribution >= 4 is 14.0 Å². The molecule has 0 aliphatic heterocycles. The van der Waals surface area contributed by atoms with Crippen LogP contribution < -0.4 is 0 Å². The summed E-state index contributed by atoms with van der Waals surface area (Å²) in [7, 11) is 0.662. The number of carbonyl (C=O) groups is 1. The van der Waals surface area contributed by atoms with Gasteiger partial charge in [-0.05, 0) is 12.5 Å². The summed E-state index contributed by atoms with van der Waals surface area (Å²) >= 11 is 0. The molecule has 4 heteroatoms. The first kappa shape index (κ1) is 13.8. The number of unbranched alkanes of at least 4 members (excludes halogenated alkanes) is 1. The van der Waals surface area contributed by atoms with E-state index in [4.69, 9.17) is 8.85 Å². The lowest BCUT2D eigenvalue weighted by Crippen LogP contribution is -2.48. The Hall–Kier alpha value is -0.193. The Morgan fingerprint density at radius 1 is 1.14 bits per heavy atom. The van der Waals surface area contributed by atoms with E-state index >= 15 is 0 Å². The summed E-state index contributed by atoms with van der Waals surface area (Å²) in [6, 6.07) is 0.766. The third-order valence-electron chi connectivity index (χ3n) is 2.42. The van der Waals surface area contributed by atoms with Gasteiger partial charge in [-0.2, -0.15) is 0 Å². The number of hydrogen-bond donors (Lipinski definition) is 0. The van der Waals surface area contributed by atoms with Gasteiger partial charge in [-0.3, -0.25) is 4.79 Å². The number of carbonyl (C=O) groups excluding carboxylic acids is 1. The lowest BCUT2D eigenvalue weighted by molar-refractivity contribution is -0.115. The average Bonchev–Trinajstić information content (AvgIpc) is 2.22. The van der Waals surface area contributed by atoms with Crippen LogP contribution >= 0.6 is 0 Å². The smallest absolute Gasteiger partial charge is 0.393 e. The summed E-state index contributed by atoms with van der Waals surface area (Å²) in [4.78, 5) is 11.9. The molecule has 0 heterocycles. The van der Waals surface area contributed by atoms with Crippen LogP contribution in [0.25, 0.3) is 0 Å². The highest BCUT2D eigenvalue weighted by molar-refractivity contribution is 6.97. The molecular formula is C10H22O3Si. The summed E-state index contributed by atoms with van der Waals surface area (Å²) in [5.74, 6) is 0. The van der Waals surface area contributed by atoms with Gasteiger partial charge < -0.3 is 8.85 Å². The van der Waals surface area contributed by atoms with Crippen LogP contribution in [0.5, 0.6) is 0 Å². The SMILES string of the molecule is CCCCC(=O)[Si](CCC)(OC)OC. The van der Waals surface area contributed by atoms with E-state index in [9.17, 15) is 4.79 Å². The topological polar surface area (TPSA) is 35.5 Å². The van der Waals surface area contributed by atoms with Gasteiger partial charge in [0, 0.05) is 20.6 Å². The third-order valence-corrected chi connectivity index (χ3v) is 6.00. The van der Waals surface area contributed by atoms with Crippen molar-refractivity contribution in [3.63, 3.8) is 0 Å². The number of hydrogen-bond acceptors (Lipinski definition) is 3. The molecule has 0 radical (unpaired) electrons. The molecule has 0 saturated heterocycles. The predicted octanol–water partition coefficient (Wildman–Crippen LogP) is 2.43. The van der Waals surface area contributed by atoms with Gasteiger partial charge in [-0.15, -0.1) is 0 Å². The van der Waals surface area contributed by atoms with E-state index in [1.165, 1.54) is 0 Å². The van der Waals surface area contributed by atoms with Crippen molar-refractivity contribution in [3.05, 3.63) is 0 Å². The minimum atomic E-state index is -2.52. The second-order valence-corrected chi connectivity index (χ2v) is 6.82. The van der Waals surface area contributed by atoms with Gasteiger partial charge in [-0.25, -0.2) is 0 Å². The largest absolute Gasteiger partial charge is 0.409 e. The summed E-state index contributed by atoms with van der Waals surface area (Å²) in [5, 5.41) is 0.200. The highest BCUT2D eigenvalue weighted by atomic mass is 28.4. The first-order chi connectivity index (χ1) is 6.66. The minimum absolute atomic E-state index is 0.200. The zero-order valence-corrected chi connectivity index (χ0v) is 10.8. The van der Waals surface area contributed by atoms with Crippen LogP contribution in [-0.4, -0.2) is 28.2 Å². The van der Waals surface area contributed by atoms with Gasteiger partial charge in [0.15, 0.2) is 5.41 Å². The first-order valence-electron chi connectivity index (χ1n) is 5.30. The van der Waals surface area contributed by atoms with Crippen molar-refractivity contribution in [2.75, 3.05) is 14.2 Å². The van der Waals surface area contributed by atoms with Crippen LogP contribution in [0.1, 0.15) is 39.5 Å². The maximum absolute atomic E-state index is 11.9. The van der Waals surface area contributed by atoms with Crippen LogP contribution in [0.15, 0.2) is 0 Å². The maximum Gasteiger partial charge on any atom is 0.409 e. The molecule has 84 valence electrons. The molecule has 0 saturated carbocycles. The summed E-state index contributed by atoms with van der Waals surface area (Å²) in [6.45, 7) is 4.13. The third kappa shape index (κ3) is 3.51. The molecule has 0 aromatic heterocycles. The lowest BCUT2D eigenvalue weighted by Gasteiger charge is -2.25. The van der Waals surface area contributed by atoms with Crippen molar-refractivity contribution in [1.29, 1.82) is 0 Å². The fourth-order valence-corrected chi connectivity index (χ4v) is 4.04. The van der Waals surface area contributed by atoms with Crippen molar-refractivity contribution < 1.29 is 13.6 Å². The summed E-state index contributed by atoms with van der Waals surface area (Å²) in [5.41, 5.74) is 0. The second kappa shape index (κ2) is 7.15. The van der Waals surface area contributed by atoms with E-state index in [0.29, 0.717) is 6.42 Å². The van der Waals surface area contributed by atoms with Crippen molar-refractivity contribution in [2.45, 2.75) is 45.6 Å². The Morgan fingerprint density at radius 3 is 2.07 bits per heavy atom. The van der Waals surface area contributed by atoms with E-state index in [0.717, 1.165) is 25.3 Å². The van der Waals surface area contributed by atoms with E-state index in [1.54, 1.807) is 14.2 Å². The van der Waals surface area contributed by atoms with Crippen LogP contribution in [-0.2, 0) is 13.6 Å². The van der Waals surface area contributed by atoms with E-state index in [2.05, 4.69) is 6.92 Å². The highest BCUT2D eigenvalue weighted by Gasteiger charge is 2.42. The van der Waals surface area contributed by atoms with Crippen molar-refractivity contribution in [1.82, 2.24) is 0 Å². The molecule has 0 aliphatic rings. The van der Waals surface area contributed by atoms with Gasteiger partial charge in [0.25, 0.3) is 0 Å². The molecule has 0 amide bonds. The fourth-order valence-electron chi connectivity index (χ4n) is 1.51. The Bertz CT molecular complexity index is 167. The van der Waals surface area contributed by atoms with Crippen LogP contribution in [0.2, 0.25) is 6.04 Å². The molecule has 0 N–H and O–H groups in total. The summed E-state index contributed by atoms with van der Waals surface area (Å²) in [6.07, 6.45) is 3.51. The van der Waals surface area contributed by atoms with Crippen LogP contribution in [0.4, 0.5) is 0 Å². The van der Waals surface area contributed by atoms with Gasteiger partial charge in [0.05, 0.1) is 0 Å². The predicted molar refractivity (Wildman–Crippen MR) is 59.4 cm³/mol. The molecule has 3 nitrogen and oxygen atoms in total. The monoisotopic (exact) mass is 218 g/mol. The molecule has 0 bridgehead atoms. The Morgan fingerprint density at radius 2 is 1.71 bits per heavy atom. The fraction of sp³-hybridized carbons (Fsp3) is 0.900. The van der Waals surface area contributed by atoms with E-state index in [1.807, 2.05) is 6.92 Å². The lowest BCUT2D eigenvalue weighted by atomic mass is 10.3. The molecule has 0 aliphatic carbocycles. The molecule has 14 heavy (non-hydrogen) atoms. The Labute approximate surface area is 88.0 Å². The van der Waals surface area contributed by atoms with Crippen LogP contribution in [0, 0.1) is 0 Å². The minimum Gasteiger partial charge on any atom is -0.393 e. The zero-order chi connectivity index (χ0) is 11.0. The van der Waals surface area contributed by atoms with Gasteiger partial charge in [0.1, 0.15) is 0 Å². The summed E-state index contributed by atoms with van der Waals surface area (Å²) < 4.78 is 10.7. The highest BCUT2D eigenvalue weighted by Crippen LogP contribution is 2.18. The van der Waals surface area contributed by atoms with Gasteiger partial charge in [-0.1, -0.05) is 26.7 Å². The molecule has 0 fully saturated rings. The first-order valence-corrected chi connectivity index (χ1v) is 7.32. The normalized spacial score (nSPS) is 11.7. The average molecular weight is 218 g/mol. The molecule has 0 spiro atoms. The van der Waals surface area contributed by atoms with E-state index in [-0.39, 0.29) is 5.41 Å². The van der Waals surface area contributed by atoms with Crippen LogP contribution in [0.3, 0.4) is 0 Å². The van der Waals surface area contributed by atoms with Gasteiger partial charge >= 0.3 is 8.56 Å². The molecule has 0 aromatic rings. The molecule has 0 atom stereocenters. The molecule has 0 aromatic carbocycles. The van der Waals surface area contributed by atoms with Crippen molar-refractivity contribution in [3.8, 4) is 0 Å². The van der Waals surface area contributed by atoms with Crippen molar-refractivity contribution in [2.24, 2.45) is 0 Å². The quantitative estimate of drug-likeness (QED) is 0.587. The van der Waals surface area contributed by atoms with Gasteiger partial charge in [0.2, 0.25) is 0 Å². The molecular weight excluding hydrogens is 196 g/mol.